The van der Waals surface area contributed by atoms with E-state index in [1.165, 1.54) is 6.42 Å². The van der Waals surface area contributed by atoms with E-state index in [2.05, 4.69) is 43.1 Å². The largest absolute Gasteiger partial charge is 0.354 e. The van der Waals surface area contributed by atoms with E-state index in [9.17, 15) is 4.79 Å². The van der Waals surface area contributed by atoms with Crippen LogP contribution in [0.5, 0.6) is 0 Å². The van der Waals surface area contributed by atoms with Crippen molar-refractivity contribution >= 4 is 11.6 Å². The van der Waals surface area contributed by atoms with E-state index in [4.69, 9.17) is 0 Å². The van der Waals surface area contributed by atoms with Crippen molar-refractivity contribution in [1.29, 1.82) is 0 Å². The van der Waals surface area contributed by atoms with Crippen molar-refractivity contribution in [2.75, 3.05) is 0 Å². The molecule has 0 radical (unpaired) electrons. The lowest BCUT2D eigenvalue weighted by molar-refractivity contribution is -0.121. The SMILES string of the molecule is Cc1cc2nc(C)c(CCC(=O)NC(C)CCCC(C)C)c(C)n2n1. The lowest BCUT2D eigenvalue weighted by atomic mass is 10.0. The van der Waals surface area contributed by atoms with Gasteiger partial charge in [-0.05, 0) is 52.0 Å². The quantitative estimate of drug-likeness (QED) is 0.789. The molecule has 0 aliphatic heterocycles. The zero-order valence-corrected chi connectivity index (χ0v) is 16.5. The van der Waals surface area contributed by atoms with Gasteiger partial charge >= 0.3 is 0 Å². The van der Waals surface area contributed by atoms with Crippen LogP contribution in [0, 0.1) is 26.7 Å². The van der Waals surface area contributed by atoms with Crippen LogP contribution >= 0.6 is 0 Å². The molecule has 0 aliphatic carbocycles. The minimum atomic E-state index is 0.118. The Morgan fingerprint density at radius 1 is 1.20 bits per heavy atom. The van der Waals surface area contributed by atoms with Crippen LogP contribution in [0.4, 0.5) is 0 Å². The van der Waals surface area contributed by atoms with Crippen LogP contribution in [-0.4, -0.2) is 26.5 Å². The lowest BCUT2D eigenvalue weighted by Gasteiger charge is -2.15. The normalized spacial score (nSPS) is 12.8. The molecule has 5 heteroatoms. The first kappa shape index (κ1) is 19.4. The Labute approximate surface area is 151 Å². The number of nitrogens with zero attached hydrogens (tertiary/aromatic N) is 3. The number of amides is 1. The summed E-state index contributed by atoms with van der Waals surface area (Å²) < 4.78 is 1.88. The number of fused-ring (bicyclic) bond motifs is 1. The van der Waals surface area contributed by atoms with E-state index >= 15 is 0 Å². The molecule has 1 N–H and O–H groups in total. The Morgan fingerprint density at radius 3 is 2.60 bits per heavy atom. The highest BCUT2D eigenvalue weighted by Crippen LogP contribution is 2.17. The Morgan fingerprint density at radius 2 is 1.92 bits per heavy atom. The first-order valence-corrected chi connectivity index (χ1v) is 9.39. The van der Waals surface area contributed by atoms with Crippen molar-refractivity contribution in [2.24, 2.45) is 5.92 Å². The van der Waals surface area contributed by atoms with Gasteiger partial charge in [-0.3, -0.25) is 4.79 Å². The van der Waals surface area contributed by atoms with Gasteiger partial charge in [0.05, 0.1) is 5.69 Å². The van der Waals surface area contributed by atoms with Gasteiger partial charge in [0, 0.05) is 29.9 Å². The summed E-state index contributed by atoms with van der Waals surface area (Å²) in [6.45, 7) is 12.6. The molecule has 0 saturated carbocycles. The number of hydrogen-bond donors (Lipinski definition) is 1. The fourth-order valence-electron chi connectivity index (χ4n) is 3.29. The second-order valence-electron chi connectivity index (χ2n) is 7.61. The van der Waals surface area contributed by atoms with E-state index in [-0.39, 0.29) is 11.9 Å². The number of carbonyl (C=O) groups is 1. The topological polar surface area (TPSA) is 59.3 Å². The van der Waals surface area contributed by atoms with Crippen LogP contribution in [0.2, 0.25) is 0 Å². The zero-order chi connectivity index (χ0) is 18.6. The number of carbonyl (C=O) groups excluding carboxylic acids is 1. The molecule has 0 bridgehead atoms. The van der Waals surface area contributed by atoms with Gasteiger partial charge in [0.1, 0.15) is 0 Å². The van der Waals surface area contributed by atoms with Crippen molar-refractivity contribution in [1.82, 2.24) is 19.9 Å². The number of aromatic nitrogens is 3. The summed E-state index contributed by atoms with van der Waals surface area (Å²) in [5.74, 6) is 0.842. The molecule has 1 unspecified atom stereocenters. The third kappa shape index (κ3) is 5.28. The maximum Gasteiger partial charge on any atom is 0.220 e. The Hall–Kier alpha value is -1.91. The average molecular weight is 345 g/mol. The molecule has 0 saturated heterocycles. The monoisotopic (exact) mass is 344 g/mol. The molecule has 2 rings (SSSR count). The maximum absolute atomic E-state index is 12.3. The van der Waals surface area contributed by atoms with E-state index in [1.54, 1.807) is 0 Å². The van der Waals surface area contributed by atoms with Crippen LogP contribution < -0.4 is 5.32 Å². The third-order valence-corrected chi connectivity index (χ3v) is 4.71. The maximum atomic E-state index is 12.3. The van der Waals surface area contributed by atoms with E-state index < -0.39 is 0 Å². The number of rotatable bonds is 8. The molecule has 1 atom stereocenters. The van der Waals surface area contributed by atoms with E-state index in [1.807, 2.05) is 24.4 Å². The van der Waals surface area contributed by atoms with E-state index in [0.29, 0.717) is 12.8 Å². The molecule has 1 amide bonds. The standard InChI is InChI=1S/C20H32N4O/c1-13(2)8-7-9-14(3)21-20(25)11-10-18-16(5)22-19-12-15(4)23-24(19)17(18)6/h12-14H,7-11H2,1-6H3,(H,21,25). The van der Waals surface area contributed by atoms with Gasteiger partial charge < -0.3 is 5.32 Å². The van der Waals surface area contributed by atoms with Gasteiger partial charge in [0.15, 0.2) is 5.65 Å². The fraction of sp³-hybridized carbons (Fsp3) is 0.650. The average Bonchev–Trinajstić information content (AvgIpc) is 2.87. The lowest BCUT2D eigenvalue weighted by Crippen LogP contribution is -2.32. The highest BCUT2D eigenvalue weighted by atomic mass is 16.1. The predicted octanol–water partition coefficient (Wildman–Crippen LogP) is 3.92. The third-order valence-electron chi connectivity index (χ3n) is 4.71. The molecule has 138 valence electrons. The van der Waals surface area contributed by atoms with Crippen LogP contribution in [0.3, 0.4) is 0 Å². The van der Waals surface area contributed by atoms with Gasteiger partial charge in [-0.25, -0.2) is 9.50 Å². The molecule has 0 aromatic carbocycles. The fourth-order valence-corrected chi connectivity index (χ4v) is 3.29. The first-order chi connectivity index (χ1) is 11.8. The first-order valence-electron chi connectivity index (χ1n) is 9.39. The summed E-state index contributed by atoms with van der Waals surface area (Å²) in [7, 11) is 0. The molecule has 0 fully saturated rings. The van der Waals surface area contributed by atoms with Gasteiger partial charge in [-0.2, -0.15) is 5.10 Å². The second kappa shape index (κ2) is 8.45. The highest BCUT2D eigenvalue weighted by molar-refractivity contribution is 5.76. The molecule has 25 heavy (non-hydrogen) atoms. The molecule has 2 heterocycles. The number of aryl methyl sites for hydroxylation is 3. The highest BCUT2D eigenvalue weighted by Gasteiger charge is 2.14. The number of hydrogen-bond acceptors (Lipinski definition) is 3. The minimum Gasteiger partial charge on any atom is -0.354 e. The summed E-state index contributed by atoms with van der Waals surface area (Å²) in [5, 5.41) is 7.61. The van der Waals surface area contributed by atoms with Crippen molar-refractivity contribution in [3.05, 3.63) is 28.7 Å². The Kier molecular flexibility index (Phi) is 6.57. The summed E-state index contributed by atoms with van der Waals surface area (Å²) >= 11 is 0. The Bertz CT molecular complexity index is 733. The second-order valence-corrected chi connectivity index (χ2v) is 7.61. The smallest absolute Gasteiger partial charge is 0.220 e. The Balaban J connectivity index is 1.92. The van der Waals surface area contributed by atoms with Crippen molar-refractivity contribution < 1.29 is 4.79 Å². The molecule has 2 aromatic rings. The van der Waals surface area contributed by atoms with Crippen molar-refractivity contribution in [2.45, 2.75) is 79.7 Å². The van der Waals surface area contributed by atoms with Crippen molar-refractivity contribution in [3.63, 3.8) is 0 Å². The minimum absolute atomic E-state index is 0.118. The van der Waals surface area contributed by atoms with Gasteiger partial charge in [0.25, 0.3) is 0 Å². The van der Waals surface area contributed by atoms with Crippen LogP contribution in [0.15, 0.2) is 6.07 Å². The van der Waals surface area contributed by atoms with Crippen molar-refractivity contribution in [3.8, 4) is 0 Å². The van der Waals surface area contributed by atoms with E-state index in [0.717, 1.165) is 47.1 Å². The zero-order valence-electron chi connectivity index (χ0n) is 16.5. The van der Waals surface area contributed by atoms with Crippen LogP contribution in [0.1, 0.15) is 69.1 Å². The molecule has 0 aliphatic rings. The molecule has 0 spiro atoms. The molecular formula is C20H32N4O. The summed E-state index contributed by atoms with van der Waals surface area (Å²) in [5.41, 5.74) is 5.02. The molecular weight excluding hydrogens is 312 g/mol. The summed E-state index contributed by atoms with van der Waals surface area (Å²) in [4.78, 5) is 16.9. The van der Waals surface area contributed by atoms with Crippen LogP contribution in [0.25, 0.3) is 5.65 Å². The van der Waals surface area contributed by atoms with Crippen LogP contribution in [-0.2, 0) is 11.2 Å². The predicted molar refractivity (Wildman–Crippen MR) is 102 cm³/mol. The number of nitrogens with one attached hydrogen (secondary N) is 1. The molecule has 5 nitrogen and oxygen atoms in total. The van der Waals surface area contributed by atoms with Gasteiger partial charge in [-0.15, -0.1) is 0 Å². The summed E-state index contributed by atoms with van der Waals surface area (Å²) in [6, 6.07) is 2.22. The van der Waals surface area contributed by atoms with Gasteiger partial charge in [-0.1, -0.05) is 26.7 Å². The summed E-state index contributed by atoms with van der Waals surface area (Å²) in [6.07, 6.45) is 4.61. The molecule has 2 aromatic heterocycles. The van der Waals surface area contributed by atoms with Gasteiger partial charge in [0.2, 0.25) is 5.91 Å².